The second-order valence-corrected chi connectivity index (χ2v) is 8.75. The average Bonchev–Trinajstić information content (AvgIpc) is 3.06. The third kappa shape index (κ3) is 4.01. The van der Waals surface area contributed by atoms with Crippen LogP contribution in [0.15, 0.2) is 41.3 Å². The lowest BCUT2D eigenvalue weighted by Gasteiger charge is -2.20. The number of ether oxygens (including phenoxy) is 1. The van der Waals surface area contributed by atoms with Gasteiger partial charge < -0.3 is 15.0 Å². The van der Waals surface area contributed by atoms with E-state index in [1.165, 1.54) is 19.2 Å². The summed E-state index contributed by atoms with van der Waals surface area (Å²) in [6.45, 7) is 2.38. The van der Waals surface area contributed by atoms with Crippen LogP contribution in [0.3, 0.4) is 0 Å². The largest absolute Gasteiger partial charge is 0.494 e. The van der Waals surface area contributed by atoms with Crippen LogP contribution in [0.1, 0.15) is 28.8 Å². The van der Waals surface area contributed by atoms with Gasteiger partial charge in [0.05, 0.1) is 17.7 Å². The smallest absolute Gasteiger partial charge is 0.255 e. The normalized spacial score (nSPS) is 14.2. The maximum absolute atomic E-state index is 12.7. The van der Waals surface area contributed by atoms with Gasteiger partial charge in [0.2, 0.25) is 5.91 Å². The van der Waals surface area contributed by atoms with Gasteiger partial charge in [0, 0.05) is 36.5 Å². The van der Waals surface area contributed by atoms with Gasteiger partial charge in [-0.25, -0.2) is 8.42 Å². The van der Waals surface area contributed by atoms with Gasteiger partial charge in [0.1, 0.15) is 5.75 Å². The van der Waals surface area contributed by atoms with E-state index < -0.39 is 15.7 Å². The van der Waals surface area contributed by atoms with Crippen molar-refractivity contribution in [3.63, 3.8) is 0 Å². The predicted octanol–water partition coefficient (Wildman–Crippen LogP) is 2.79. The molecule has 1 heterocycles. The number of nitrogens with zero attached hydrogens (tertiary/aromatic N) is 1. The number of amides is 2. The molecule has 0 aliphatic carbocycles. The Bertz CT molecular complexity index is 1050. The number of nitrogens with one attached hydrogen (secondary N) is 1. The molecule has 8 heteroatoms. The molecule has 2 aromatic carbocycles. The summed E-state index contributed by atoms with van der Waals surface area (Å²) < 4.78 is 28.9. The number of hydrogen-bond acceptors (Lipinski definition) is 5. The highest BCUT2D eigenvalue weighted by atomic mass is 32.2. The number of carbonyl (C=O) groups excluding carboxylic acids is 2. The Hall–Kier alpha value is -2.87. The lowest BCUT2D eigenvalue weighted by atomic mass is 10.1. The monoisotopic (exact) mass is 402 g/mol. The number of carbonyl (C=O) groups is 2. The van der Waals surface area contributed by atoms with Gasteiger partial charge in [-0.3, -0.25) is 9.59 Å². The minimum atomic E-state index is -3.42. The second-order valence-electron chi connectivity index (χ2n) is 6.74. The fraction of sp³-hybridized carbons (Fsp3) is 0.300. The molecule has 1 fully saturated rings. The molecule has 2 aromatic rings. The summed E-state index contributed by atoms with van der Waals surface area (Å²) in [4.78, 5) is 26.4. The van der Waals surface area contributed by atoms with E-state index in [4.69, 9.17) is 4.74 Å². The second kappa shape index (κ2) is 7.63. The molecule has 0 bridgehead atoms. The molecule has 1 saturated heterocycles. The summed E-state index contributed by atoms with van der Waals surface area (Å²) in [5.74, 6) is 0.105. The number of methoxy groups -OCH3 is 1. The lowest BCUT2D eigenvalue weighted by molar-refractivity contribution is -0.117. The molecule has 148 valence electrons. The van der Waals surface area contributed by atoms with Gasteiger partial charge in [0.25, 0.3) is 5.91 Å². The van der Waals surface area contributed by atoms with Crippen molar-refractivity contribution in [3.05, 3.63) is 47.5 Å². The highest BCUT2D eigenvalue weighted by molar-refractivity contribution is 7.90. The average molecular weight is 402 g/mol. The van der Waals surface area contributed by atoms with Gasteiger partial charge in [0.15, 0.2) is 9.84 Å². The van der Waals surface area contributed by atoms with E-state index in [1.54, 1.807) is 36.1 Å². The summed E-state index contributed by atoms with van der Waals surface area (Å²) in [6, 6.07) is 9.53. The van der Waals surface area contributed by atoms with E-state index in [1.807, 2.05) is 0 Å². The van der Waals surface area contributed by atoms with E-state index >= 15 is 0 Å². The van der Waals surface area contributed by atoms with E-state index in [0.717, 1.165) is 12.7 Å². The van der Waals surface area contributed by atoms with Gasteiger partial charge in [-0.1, -0.05) is 6.07 Å². The first-order valence-electron chi connectivity index (χ1n) is 8.81. The molecule has 28 heavy (non-hydrogen) atoms. The van der Waals surface area contributed by atoms with Gasteiger partial charge >= 0.3 is 0 Å². The summed E-state index contributed by atoms with van der Waals surface area (Å²) in [6.07, 6.45) is 2.41. The lowest BCUT2D eigenvalue weighted by Crippen LogP contribution is -2.24. The first kappa shape index (κ1) is 19.9. The molecular weight excluding hydrogens is 380 g/mol. The summed E-state index contributed by atoms with van der Waals surface area (Å²) >= 11 is 0. The minimum Gasteiger partial charge on any atom is -0.494 e. The zero-order valence-electron chi connectivity index (χ0n) is 16.0. The van der Waals surface area contributed by atoms with Crippen molar-refractivity contribution in [2.75, 3.05) is 30.1 Å². The van der Waals surface area contributed by atoms with Crippen molar-refractivity contribution < 1.29 is 22.7 Å². The van der Waals surface area contributed by atoms with Gasteiger partial charge in [-0.15, -0.1) is 0 Å². The molecule has 1 N–H and O–H groups in total. The van der Waals surface area contributed by atoms with Crippen molar-refractivity contribution in [3.8, 4) is 5.75 Å². The van der Waals surface area contributed by atoms with Crippen LogP contribution in [0.2, 0.25) is 0 Å². The van der Waals surface area contributed by atoms with Gasteiger partial charge in [-0.2, -0.15) is 0 Å². The van der Waals surface area contributed by atoms with Crippen LogP contribution in [0.5, 0.6) is 5.75 Å². The molecule has 3 rings (SSSR count). The first-order valence-corrected chi connectivity index (χ1v) is 10.7. The molecule has 7 nitrogen and oxygen atoms in total. The molecule has 1 aliphatic heterocycles. The number of sulfone groups is 1. The third-order valence-corrected chi connectivity index (χ3v) is 5.79. The molecule has 0 spiro atoms. The van der Waals surface area contributed by atoms with Crippen LogP contribution in [-0.2, 0) is 14.6 Å². The standard InChI is InChI=1S/C20H22N2O5S/c1-13-6-8-15(28(3,25)26)12-16(13)20(24)21-14-7-9-17(18(11-14)27-2)22-10-4-5-19(22)23/h6-9,11-12H,4-5,10H2,1-3H3,(H,21,24). The summed E-state index contributed by atoms with van der Waals surface area (Å²) in [5, 5.41) is 2.76. The maximum atomic E-state index is 12.7. The Balaban J connectivity index is 1.88. The van der Waals surface area contributed by atoms with Crippen LogP contribution >= 0.6 is 0 Å². The van der Waals surface area contributed by atoms with Crippen LogP contribution in [0, 0.1) is 6.92 Å². The zero-order valence-corrected chi connectivity index (χ0v) is 16.8. The van der Waals surface area contributed by atoms with Crippen LogP contribution in [0.4, 0.5) is 11.4 Å². The number of benzene rings is 2. The molecule has 0 atom stereocenters. The SMILES string of the molecule is COc1cc(NC(=O)c2cc(S(C)(=O)=O)ccc2C)ccc1N1CCCC1=O. The number of rotatable bonds is 5. The zero-order chi connectivity index (χ0) is 20.5. The molecule has 0 unspecified atom stereocenters. The van der Waals surface area contributed by atoms with Crippen molar-refractivity contribution >= 4 is 33.0 Å². The van der Waals surface area contributed by atoms with E-state index in [9.17, 15) is 18.0 Å². The molecule has 0 radical (unpaired) electrons. The molecule has 0 aromatic heterocycles. The van der Waals surface area contributed by atoms with Crippen molar-refractivity contribution in [2.24, 2.45) is 0 Å². The van der Waals surface area contributed by atoms with Crippen LogP contribution in [0.25, 0.3) is 0 Å². The number of hydrogen-bond donors (Lipinski definition) is 1. The van der Waals surface area contributed by atoms with Crippen LogP contribution in [-0.4, -0.2) is 40.1 Å². The first-order chi connectivity index (χ1) is 13.2. The minimum absolute atomic E-state index is 0.0447. The Morgan fingerprint density at radius 2 is 1.93 bits per heavy atom. The Morgan fingerprint density at radius 1 is 1.18 bits per heavy atom. The highest BCUT2D eigenvalue weighted by Crippen LogP contribution is 2.34. The van der Waals surface area contributed by atoms with E-state index in [-0.39, 0.29) is 16.4 Å². The molecule has 1 aliphatic rings. The Kier molecular flexibility index (Phi) is 5.42. The third-order valence-electron chi connectivity index (χ3n) is 4.68. The molecule has 0 saturated carbocycles. The highest BCUT2D eigenvalue weighted by Gasteiger charge is 2.24. The summed E-state index contributed by atoms with van der Waals surface area (Å²) in [7, 11) is -1.91. The maximum Gasteiger partial charge on any atom is 0.255 e. The fourth-order valence-electron chi connectivity index (χ4n) is 3.16. The van der Waals surface area contributed by atoms with Crippen LogP contribution < -0.4 is 15.0 Å². The topological polar surface area (TPSA) is 92.8 Å². The number of aryl methyl sites for hydroxylation is 1. The Morgan fingerprint density at radius 3 is 2.54 bits per heavy atom. The quantitative estimate of drug-likeness (QED) is 0.830. The van der Waals surface area contributed by atoms with Crippen molar-refractivity contribution in [1.29, 1.82) is 0 Å². The van der Waals surface area contributed by atoms with Crippen molar-refractivity contribution in [2.45, 2.75) is 24.7 Å². The van der Waals surface area contributed by atoms with Crippen molar-refractivity contribution in [1.82, 2.24) is 0 Å². The molecular formula is C20H22N2O5S. The number of anilines is 2. The fourth-order valence-corrected chi connectivity index (χ4v) is 3.80. The predicted molar refractivity (Wildman–Crippen MR) is 107 cm³/mol. The van der Waals surface area contributed by atoms with E-state index in [2.05, 4.69) is 5.32 Å². The Labute approximate surface area is 164 Å². The molecule has 2 amide bonds. The summed E-state index contributed by atoms with van der Waals surface area (Å²) in [5.41, 5.74) is 2.09. The van der Waals surface area contributed by atoms with Gasteiger partial charge in [-0.05, 0) is 43.2 Å². The van der Waals surface area contributed by atoms with E-state index in [0.29, 0.717) is 35.7 Å².